The SMILES string of the molecule is CCN(CC1CCCO1)C(=O)CC(C)C1CCNCC1.Cl. The summed E-state index contributed by atoms with van der Waals surface area (Å²) in [6.07, 6.45) is 5.65. The van der Waals surface area contributed by atoms with Crippen molar-refractivity contribution >= 4 is 18.3 Å². The van der Waals surface area contributed by atoms with Crippen LogP contribution in [0.1, 0.15) is 46.0 Å². The van der Waals surface area contributed by atoms with Gasteiger partial charge >= 0.3 is 0 Å². The Balaban J connectivity index is 0.00000220. The van der Waals surface area contributed by atoms with Crippen LogP contribution < -0.4 is 5.32 Å². The zero-order chi connectivity index (χ0) is 14.4. The van der Waals surface area contributed by atoms with Gasteiger partial charge in [-0.25, -0.2) is 0 Å². The Morgan fingerprint density at radius 2 is 2.05 bits per heavy atom. The number of hydrogen-bond acceptors (Lipinski definition) is 3. The van der Waals surface area contributed by atoms with Crippen LogP contribution in [0.3, 0.4) is 0 Å². The summed E-state index contributed by atoms with van der Waals surface area (Å²) in [5.74, 6) is 1.53. The molecule has 2 heterocycles. The van der Waals surface area contributed by atoms with Gasteiger partial charge in [-0.2, -0.15) is 0 Å². The van der Waals surface area contributed by atoms with Gasteiger partial charge in [-0.15, -0.1) is 12.4 Å². The molecule has 2 rings (SSSR count). The minimum absolute atomic E-state index is 0. The molecule has 2 unspecified atom stereocenters. The lowest BCUT2D eigenvalue weighted by Crippen LogP contribution is -2.39. The third-order valence-corrected chi connectivity index (χ3v) is 4.87. The molecular weight excluding hydrogens is 288 g/mol. The molecule has 21 heavy (non-hydrogen) atoms. The minimum atomic E-state index is 0. The van der Waals surface area contributed by atoms with Crippen molar-refractivity contribution < 1.29 is 9.53 Å². The van der Waals surface area contributed by atoms with Crippen LogP contribution in [0.2, 0.25) is 0 Å². The van der Waals surface area contributed by atoms with Crippen molar-refractivity contribution in [3.63, 3.8) is 0 Å². The molecule has 2 aliphatic rings. The highest BCUT2D eigenvalue weighted by molar-refractivity contribution is 5.85. The molecule has 0 spiro atoms. The lowest BCUT2D eigenvalue weighted by Gasteiger charge is -2.30. The number of amides is 1. The lowest BCUT2D eigenvalue weighted by molar-refractivity contribution is -0.133. The summed E-state index contributed by atoms with van der Waals surface area (Å²) in [6, 6.07) is 0. The van der Waals surface area contributed by atoms with Crippen molar-refractivity contribution in [1.82, 2.24) is 10.2 Å². The molecule has 1 N–H and O–H groups in total. The molecule has 0 saturated carbocycles. The Bertz CT molecular complexity index is 303. The monoisotopic (exact) mass is 318 g/mol. The highest BCUT2D eigenvalue weighted by Gasteiger charge is 2.26. The Morgan fingerprint density at radius 3 is 2.62 bits per heavy atom. The molecule has 0 aromatic rings. The Kier molecular flexibility index (Phi) is 8.60. The second kappa shape index (κ2) is 9.65. The van der Waals surface area contributed by atoms with Crippen LogP contribution in [0.5, 0.6) is 0 Å². The van der Waals surface area contributed by atoms with E-state index in [-0.39, 0.29) is 18.5 Å². The van der Waals surface area contributed by atoms with E-state index in [1.165, 1.54) is 12.8 Å². The summed E-state index contributed by atoms with van der Waals surface area (Å²) < 4.78 is 5.65. The molecule has 2 fully saturated rings. The van der Waals surface area contributed by atoms with Crippen molar-refractivity contribution in [2.75, 3.05) is 32.8 Å². The Hall–Kier alpha value is -0.320. The molecule has 5 heteroatoms. The van der Waals surface area contributed by atoms with E-state index in [2.05, 4.69) is 19.2 Å². The summed E-state index contributed by atoms with van der Waals surface area (Å²) in [4.78, 5) is 14.5. The van der Waals surface area contributed by atoms with Crippen LogP contribution in [0.15, 0.2) is 0 Å². The van der Waals surface area contributed by atoms with Gasteiger partial charge in [0.2, 0.25) is 5.91 Å². The van der Waals surface area contributed by atoms with E-state index < -0.39 is 0 Å². The summed E-state index contributed by atoms with van der Waals surface area (Å²) in [5.41, 5.74) is 0. The van der Waals surface area contributed by atoms with Crippen LogP contribution in [-0.2, 0) is 9.53 Å². The minimum Gasteiger partial charge on any atom is -0.376 e. The van der Waals surface area contributed by atoms with Gasteiger partial charge in [-0.3, -0.25) is 4.79 Å². The van der Waals surface area contributed by atoms with Gasteiger partial charge in [0.25, 0.3) is 0 Å². The van der Waals surface area contributed by atoms with Crippen LogP contribution >= 0.6 is 12.4 Å². The van der Waals surface area contributed by atoms with E-state index in [9.17, 15) is 4.79 Å². The number of hydrogen-bond donors (Lipinski definition) is 1. The molecule has 2 saturated heterocycles. The number of rotatable bonds is 6. The Morgan fingerprint density at radius 1 is 1.33 bits per heavy atom. The highest BCUT2D eigenvalue weighted by atomic mass is 35.5. The highest BCUT2D eigenvalue weighted by Crippen LogP contribution is 2.25. The molecule has 0 radical (unpaired) electrons. The van der Waals surface area contributed by atoms with E-state index in [4.69, 9.17) is 4.74 Å². The molecule has 2 aliphatic heterocycles. The predicted molar refractivity (Wildman–Crippen MR) is 87.9 cm³/mol. The maximum atomic E-state index is 12.5. The summed E-state index contributed by atoms with van der Waals surface area (Å²) >= 11 is 0. The van der Waals surface area contributed by atoms with Crippen LogP contribution in [0.25, 0.3) is 0 Å². The summed E-state index contributed by atoms with van der Waals surface area (Å²) in [7, 11) is 0. The van der Waals surface area contributed by atoms with Crippen LogP contribution in [0, 0.1) is 11.8 Å². The van der Waals surface area contributed by atoms with Crippen molar-refractivity contribution in [2.24, 2.45) is 11.8 Å². The molecule has 4 nitrogen and oxygen atoms in total. The van der Waals surface area contributed by atoms with Gasteiger partial charge in [0.15, 0.2) is 0 Å². The van der Waals surface area contributed by atoms with E-state index in [0.29, 0.717) is 24.2 Å². The average molecular weight is 319 g/mol. The van der Waals surface area contributed by atoms with E-state index >= 15 is 0 Å². The fourth-order valence-corrected chi connectivity index (χ4v) is 3.43. The fraction of sp³-hybridized carbons (Fsp3) is 0.938. The second-order valence-corrected chi connectivity index (χ2v) is 6.34. The molecule has 0 aliphatic carbocycles. The third-order valence-electron chi connectivity index (χ3n) is 4.87. The summed E-state index contributed by atoms with van der Waals surface area (Å²) in [6.45, 7) is 8.98. The quantitative estimate of drug-likeness (QED) is 0.818. The zero-order valence-corrected chi connectivity index (χ0v) is 14.3. The Labute approximate surface area is 135 Å². The number of nitrogens with zero attached hydrogens (tertiary/aromatic N) is 1. The van der Waals surface area contributed by atoms with Gasteiger partial charge in [-0.05, 0) is 57.5 Å². The smallest absolute Gasteiger partial charge is 0.222 e. The lowest BCUT2D eigenvalue weighted by atomic mass is 9.84. The largest absolute Gasteiger partial charge is 0.376 e. The van der Waals surface area contributed by atoms with Gasteiger partial charge in [0, 0.05) is 26.1 Å². The molecular formula is C16H31ClN2O2. The first-order valence-electron chi connectivity index (χ1n) is 8.30. The molecule has 124 valence electrons. The summed E-state index contributed by atoms with van der Waals surface area (Å²) in [5, 5.41) is 3.39. The number of carbonyl (C=O) groups excluding carboxylic acids is 1. The standard InChI is InChI=1S/C16H30N2O2.ClH/c1-3-18(12-15-5-4-10-20-15)16(19)11-13(2)14-6-8-17-9-7-14;/h13-15,17H,3-12H2,1-2H3;1H. The predicted octanol–water partition coefficient (Wildman–Crippen LogP) is 2.46. The molecule has 0 aromatic carbocycles. The first kappa shape index (κ1) is 18.7. The van der Waals surface area contributed by atoms with E-state index in [1.54, 1.807) is 0 Å². The first-order valence-corrected chi connectivity index (χ1v) is 8.30. The van der Waals surface area contributed by atoms with E-state index in [1.807, 2.05) is 4.90 Å². The number of likely N-dealkylation sites (N-methyl/N-ethyl adjacent to an activating group) is 1. The van der Waals surface area contributed by atoms with Gasteiger partial charge in [0.1, 0.15) is 0 Å². The van der Waals surface area contributed by atoms with Crippen LogP contribution in [0.4, 0.5) is 0 Å². The fourth-order valence-electron chi connectivity index (χ4n) is 3.43. The average Bonchev–Trinajstić information content (AvgIpc) is 2.98. The molecule has 0 bridgehead atoms. The van der Waals surface area contributed by atoms with Crippen molar-refractivity contribution in [3.8, 4) is 0 Å². The maximum Gasteiger partial charge on any atom is 0.222 e. The van der Waals surface area contributed by atoms with Gasteiger partial charge in [-0.1, -0.05) is 6.92 Å². The topological polar surface area (TPSA) is 41.6 Å². The van der Waals surface area contributed by atoms with Crippen molar-refractivity contribution in [3.05, 3.63) is 0 Å². The molecule has 0 aromatic heterocycles. The normalized spacial score (nSPS) is 24.4. The number of carbonyl (C=O) groups is 1. The van der Waals surface area contributed by atoms with Crippen molar-refractivity contribution in [2.45, 2.75) is 52.1 Å². The van der Waals surface area contributed by atoms with E-state index in [0.717, 1.165) is 45.6 Å². The number of piperidine rings is 1. The second-order valence-electron chi connectivity index (χ2n) is 6.34. The molecule has 1 amide bonds. The van der Waals surface area contributed by atoms with Crippen molar-refractivity contribution in [1.29, 1.82) is 0 Å². The molecule has 2 atom stereocenters. The number of nitrogens with one attached hydrogen (secondary N) is 1. The maximum absolute atomic E-state index is 12.5. The van der Waals surface area contributed by atoms with Gasteiger partial charge < -0.3 is 15.0 Å². The number of ether oxygens (including phenoxy) is 1. The van der Waals surface area contributed by atoms with Crippen LogP contribution in [-0.4, -0.2) is 49.7 Å². The van der Waals surface area contributed by atoms with Gasteiger partial charge in [0.05, 0.1) is 6.10 Å². The third kappa shape index (κ3) is 5.76. The zero-order valence-electron chi connectivity index (χ0n) is 13.5. The number of halogens is 1. The first-order chi connectivity index (χ1) is 9.70.